The van der Waals surface area contributed by atoms with Gasteiger partial charge in [0.05, 0.1) is 13.2 Å². The molecule has 3 N–H and O–H groups in total. The maximum Gasteiger partial charge on any atom is 0.270 e. The number of nitrogens with one attached hydrogen (secondary N) is 1. The first-order valence-corrected chi connectivity index (χ1v) is 9.96. The van der Waals surface area contributed by atoms with E-state index in [2.05, 4.69) is 4.90 Å². The molecule has 0 fully saturated rings. The third kappa shape index (κ3) is 7.02. The molecule has 1 amide bonds. The normalized spacial score (nSPS) is 11.9. The van der Waals surface area contributed by atoms with Gasteiger partial charge in [0.25, 0.3) is 5.91 Å². The van der Waals surface area contributed by atoms with Gasteiger partial charge in [0.15, 0.2) is 6.10 Å². The number of amides is 1. The lowest BCUT2D eigenvalue weighted by Gasteiger charge is -2.21. The number of nitrogen functional groups attached to an aromatic ring is 1. The Bertz CT molecular complexity index is 825. The fourth-order valence-corrected chi connectivity index (χ4v) is 3.07. The minimum Gasteiger partial charge on any atom is -0.494 e. The molecule has 0 aliphatic heterocycles. The number of halogens is 1. The van der Waals surface area contributed by atoms with Gasteiger partial charge in [-0.15, -0.1) is 0 Å². The molecule has 7 nitrogen and oxygen atoms in total. The van der Waals surface area contributed by atoms with Crippen LogP contribution < -0.4 is 10.5 Å². The zero-order chi connectivity index (χ0) is 22.1. The highest BCUT2D eigenvalue weighted by atomic mass is 35.5. The van der Waals surface area contributed by atoms with Crippen LogP contribution in [0.3, 0.4) is 0 Å². The van der Waals surface area contributed by atoms with Crippen LogP contribution in [0, 0.1) is 5.41 Å². The van der Waals surface area contributed by atoms with Crippen molar-refractivity contribution in [3.63, 3.8) is 0 Å². The fraction of sp³-hybridized carbons (Fsp3) is 0.364. The summed E-state index contributed by atoms with van der Waals surface area (Å²) in [6.07, 6.45) is 0.115. The van der Waals surface area contributed by atoms with Crippen molar-refractivity contribution in [2.24, 2.45) is 5.73 Å². The van der Waals surface area contributed by atoms with Gasteiger partial charge >= 0.3 is 0 Å². The second-order valence-corrected chi connectivity index (χ2v) is 7.57. The lowest BCUT2D eigenvalue weighted by molar-refractivity contribution is -0.137. The molecule has 30 heavy (non-hydrogen) atoms. The van der Waals surface area contributed by atoms with Gasteiger partial charge in [0, 0.05) is 31.0 Å². The van der Waals surface area contributed by atoms with Crippen molar-refractivity contribution >= 4 is 23.5 Å². The van der Waals surface area contributed by atoms with E-state index in [-0.39, 0.29) is 18.3 Å². The van der Waals surface area contributed by atoms with E-state index in [9.17, 15) is 4.79 Å². The zero-order valence-corrected chi connectivity index (χ0v) is 18.4. The van der Waals surface area contributed by atoms with Crippen molar-refractivity contribution in [3.8, 4) is 5.75 Å². The molecule has 0 aromatic heterocycles. The van der Waals surface area contributed by atoms with Gasteiger partial charge in [0.2, 0.25) is 0 Å². The van der Waals surface area contributed by atoms with Crippen LogP contribution >= 0.6 is 11.8 Å². The van der Waals surface area contributed by atoms with Crippen LogP contribution in [0.2, 0.25) is 0 Å². The number of amidine groups is 1. The Labute approximate surface area is 182 Å². The quantitative estimate of drug-likeness (QED) is 0.246. The summed E-state index contributed by atoms with van der Waals surface area (Å²) in [6, 6.07) is 14.3. The molecule has 2 aromatic rings. The van der Waals surface area contributed by atoms with Gasteiger partial charge in [0.1, 0.15) is 11.6 Å². The molecule has 0 bridgehead atoms. The van der Waals surface area contributed by atoms with Crippen LogP contribution in [-0.2, 0) is 16.1 Å². The average Bonchev–Trinajstić information content (AvgIpc) is 2.73. The van der Waals surface area contributed by atoms with Crippen LogP contribution in [0.1, 0.15) is 29.2 Å². The second-order valence-electron chi connectivity index (χ2n) is 7.16. The molecular weight excluding hydrogens is 404 g/mol. The fourth-order valence-electron chi connectivity index (χ4n) is 2.84. The number of rotatable bonds is 11. The molecule has 0 saturated carbocycles. The molecule has 0 aliphatic carbocycles. The predicted octanol–water partition coefficient (Wildman–Crippen LogP) is 3.17. The summed E-state index contributed by atoms with van der Waals surface area (Å²) < 4.78 is 12.2. The highest BCUT2D eigenvalue weighted by Crippen LogP contribution is 2.24. The topological polar surface area (TPSA) is 91.9 Å². The minimum atomic E-state index is -0.818. The van der Waals surface area contributed by atoms with Crippen molar-refractivity contribution in [1.82, 2.24) is 9.32 Å². The Morgan fingerprint density at radius 3 is 2.30 bits per heavy atom. The van der Waals surface area contributed by atoms with Gasteiger partial charge < -0.3 is 20.1 Å². The number of ether oxygens (including phenoxy) is 2. The monoisotopic (exact) mass is 432 g/mol. The Morgan fingerprint density at radius 2 is 1.77 bits per heavy atom. The van der Waals surface area contributed by atoms with Gasteiger partial charge in [-0.3, -0.25) is 10.2 Å². The SMILES string of the molecule is COC(C(=O)N(Cl)Cc1ccc(C(=N)N)cc1)c1ccc(OCCCN(C)C)cc1. The molecule has 0 aliphatic rings. The molecule has 0 heterocycles. The first-order chi connectivity index (χ1) is 14.3. The summed E-state index contributed by atoms with van der Waals surface area (Å²) >= 11 is 6.24. The van der Waals surface area contributed by atoms with Crippen molar-refractivity contribution in [1.29, 1.82) is 5.41 Å². The Balaban J connectivity index is 1.96. The van der Waals surface area contributed by atoms with Crippen molar-refractivity contribution in [2.75, 3.05) is 34.4 Å². The molecule has 2 aromatic carbocycles. The van der Waals surface area contributed by atoms with Gasteiger partial charge in [-0.1, -0.05) is 36.4 Å². The predicted molar refractivity (Wildman–Crippen MR) is 119 cm³/mol. The molecule has 8 heteroatoms. The molecule has 162 valence electrons. The first-order valence-electron chi connectivity index (χ1n) is 9.62. The number of hydrogen-bond acceptors (Lipinski definition) is 5. The van der Waals surface area contributed by atoms with E-state index >= 15 is 0 Å². The summed E-state index contributed by atoms with van der Waals surface area (Å²) in [5.74, 6) is 0.368. The van der Waals surface area contributed by atoms with E-state index in [1.165, 1.54) is 7.11 Å². The van der Waals surface area contributed by atoms with Gasteiger partial charge in [-0.2, -0.15) is 0 Å². The second kappa shape index (κ2) is 11.5. The van der Waals surface area contributed by atoms with Crippen LogP contribution in [-0.4, -0.2) is 55.4 Å². The number of benzene rings is 2. The largest absolute Gasteiger partial charge is 0.494 e. The Morgan fingerprint density at radius 1 is 1.13 bits per heavy atom. The number of hydrogen-bond donors (Lipinski definition) is 2. The molecule has 0 saturated heterocycles. The molecule has 1 unspecified atom stereocenters. The summed E-state index contributed by atoms with van der Waals surface area (Å²) in [7, 11) is 5.52. The summed E-state index contributed by atoms with van der Waals surface area (Å²) in [6.45, 7) is 1.79. The average molecular weight is 433 g/mol. The van der Waals surface area contributed by atoms with E-state index in [0.717, 1.165) is 28.7 Å². The molecular formula is C22H29ClN4O3. The van der Waals surface area contributed by atoms with Gasteiger partial charge in [-0.25, -0.2) is 4.42 Å². The van der Waals surface area contributed by atoms with Crippen molar-refractivity contribution in [3.05, 3.63) is 65.2 Å². The van der Waals surface area contributed by atoms with E-state index in [0.29, 0.717) is 17.7 Å². The van der Waals surface area contributed by atoms with E-state index in [4.69, 9.17) is 32.4 Å². The molecule has 0 radical (unpaired) electrons. The molecule has 2 rings (SSSR count). The van der Waals surface area contributed by atoms with Crippen molar-refractivity contribution < 1.29 is 14.3 Å². The molecule has 1 atom stereocenters. The number of carbonyl (C=O) groups is 1. The number of nitrogens with zero attached hydrogens (tertiary/aromatic N) is 2. The first kappa shape index (κ1) is 23.7. The van der Waals surface area contributed by atoms with Crippen LogP contribution in [0.25, 0.3) is 0 Å². The number of methoxy groups -OCH3 is 1. The Kier molecular flexibility index (Phi) is 9.11. The van der Waals surface area contributed by atoms with Crippen LogP contribution in [0.4, 0.5) is 0 Å². The smallest absolute Gasteiger partial charge is 0.270 e. The lowest BCUT2D eigenvalue weighted by Crippen LogP contribution is -2.28. The standard InChI is InChI=1S/C22H29ClN4O3/c1-26(2)13-4-14-30-19-11-9-17(10-12-19)20(29-3)22(28)27(23)15-16-5-7-18(8-6-16)21(24)25/h5-12,20H,4,13-15H2,1-3H3,(H3,24,25). The van der Waals surface area contributed by atoms with Crippen LogP contribution in [0.15, 0.2) is 48.5 Å². The van der Waals surface area contributed by atoms with Gasteiger partial charge in [-0.05, 0) is 43.8 Å². The number of nitrogens with two attached hydrogens (primary N) is 1. The summed E-state index contributed by atoms with van der Waals surface area (Å²) in [5, 5.41) is 7.43. The molecule has 0 spiro atoms. The summed E-state index contributed by atoms with van der Waals surface area (Å²) in [5.41, 5.74) is 7.59. The van der Waals surface area contributed by atoms with E-state index in [1.807, 2.05) is 26.2 Å². The maximum absolute atomic E-state index is 12.8. The number of carbonyl (C=O) groups excluding carboxylic acids is 1. The van der Waals surface area contributed by atoms with E-state index < -0.39 is 6.10 Å². The minimum absolute atomic E-state index is 0.00932. The highest BCUT2D eigenvalue weighted by molar-refractivity contribution is 6.21. The summed E-state index contributed by atoms with van der Waals surface area (Å²) in [4.78, 5) is 14.9. The Hall–Kier alpha value is -2.61. The van der Waals surface area contributed by atoms with Crippen LogP contribution in [0.5, 0.6) is 5.75 Å². The maximum atomic E-state index is 12.8. The highest BCUT2D eigenvalue weighted by Gasteiger charge is 2.25. The van der Waals surface area contributed by atoms with E-state index in [1.54, 1.807) is 36.4 Å². The lowest BCUT2D eigenvalue weighted by atomic mass is 10.1. The third-order valence-corrected chi connectivity index (χ3v) is 4.77. The zero-order valence-electron chi connectivity index (χ0n) is 17.6. The van der Waals surface area contributed by atoms with Crippen molar-refractivity contribution in [2.45, 2.75) is 19.1 Å². The third-order valence-electron chi connectivity index (χ3n) is 4.49.